The van der Waals surface area contributed by atoms with Crippen LogP contribution in [-0.4, -0.2) is 17.3 Å². The summed E-state index contributed by atoms with van der Waals surface area (Å²) in [5.74, 6) is 0. The van der Waals surface area contributed by atoms with Crippen LogP contribution >= 0.6 is 0 Å². The van der Waals surface area contributed by atoms with Gasteiger partial charge in [0.1, 0.15) is 0 Å². The molecule has 2 nitrogen and oxygen atoms in total. The maximum absolute atomic E-state index is 8.06. The number of rotatable bonds is 1. The summed E-state index contributed by atoms with van der Waals surface area (Å²) in [6.45, 7) is 7.49. The van der Waals surface area contributed by atoms with Gasteiger partial charge in [-0.1, -0.05) is 0 Å². The van der Waals surface area contributed by atoms with Crippen LogP contribution in [0.15, 0.2) is 0 Å². The zero-order valence-corrected chi connectivity index (χ0v) is 8.97. The van der Waals surface area contributed by atoms with Crippen LogP contribution in [0.3, 0.4) is 0 Å². The van der Waals surface area contributed by atoms with Crippen molar-refractivity contribution in [3.8, 4) is 0 Å². The molecular weight excluding hydrogens is 195 g/mol. The summed E-state index contributed by atoms with van der Waals surface area (Å²) in [4.78, 5) is 0. The van der Waals surface area contributed by atoms with Gasteiger partial charge in [-0.05, 0) is 13.8 Å². The molecule has 0 spiro atoms. The van der Waals surface area contributed by atoms with E-state index in [-0.39, 0.29) is 6.10 Å². The quantitative estimate of drug-likeness (QED) is 0.706. The predicted octanol–water partition coefficient (Wildman–Crippen LogP) is 1.26. The summed E-state index contributed by atoms with van der Waals surface area (Å²) in [6, 6.07) is 0. The van der Waals surface area contributed by atoms with Crippen molar-refractivity contribution in [3.63, 3.8) is 0 Å². The molecule has 0 aromatic heterocycles. The first-order chi connectivity index (χ1) is 4.00. The fourth-order valence-electron chi connectivity index (χ4n) is 0. The van der Waals surface area contributed by atoms with Crippen LogP contribution < -0.4 is 0 Å². The van der Waals surface area contributed by atoms with Gasteiger partial charge < -0.3 is 5.11 Å². The van der Waals surface area contributed by atoms with Gasteiger partial charge >= 0.3 is 47.9 Å². The van der Waals surface area contributed by atoms with E-state index in [9.17, 15) is 0 Å². The van der Waals surface area contributed by atoms with E-state index in [1.54, 1.807) is 13.8 Å². The van der Waals surface area contributed by atoms with Gasteiger partial charge in [0.05, 0.1) is 0 Å². The van der Waals surface area contributed by atoms with Gasteiger partial charge in [0.15, 0.2) is 0 Å². The second kappa shape index (κ2) is 8.80. The SMILES string of the molecule is CC(C)O.CC(C)[O][Zr]. The molecule has 0 aromatic rings. The molecule has 0 atom stereocenters. The molecule has 0 bridgehead atoms. The zero-order chi connectivity index (χ0) is 7.86. The number of aliphatic hydroxyl groups is 1. The molecule has 0 fully saturated rings. The van der Waals surface area contributed by atoms with Crippen molar-refractivity contribution in [2.45, 2.75) is 39.9 Å². The van der Waals surface area contributed by atoms with E-state index >= 15 is 0 Å². The Labute approximate surface area is 73.1 Å². The molecule has 0 rings (SSSR count). The van der Waals surface area contributed by atoms with Crippen LogP contribution in [-0.2, 0) is 28.0 Å². The minimum atomic E-state index is -0.167. The summed E-state index contributed by atoms with van der Waals surface area (Å²) in [7, 11) is 0. The Kier molecular flexibility index (Phi) is 12.2. The summed E-state index contributed by atoms with van der Waals surface area (Å²) in [5.41, 5.74) is 0. The van der Waals surface area contributed by atoms with Crippen molar-refractivity contribution in [1.82, 2.24) is 0 Å². The third-order valence-electron chi connectivity index (χ3n) is 0.236. The minimum absolute atomic E-state index is 0.167. The van der Waals surface area contributed by atoms with Crippen LogP contribution in [0.5, 0.6) is 0 Å². The number of hydrogen-bond acceptors (Lipinski definition) is 2. The standard InChI is InChI=1S/C3H8O.C3H7O.Zr/c2*1-3(2)4;/h3-4H,1-2H3;3H,1-2H3;/q;-1;+1. The fraction of sp³-hybridized carbons (Fsp3) is 1.00. The molecule has 0 unspecified atom stereocenters. The molecule has 0 radical (unpaired) electrons. The van der Waals surface area contributed by atoms with E-state index in [0.29, 0.717) is 6.10 Å². The van der Waals surface area contributed by atoms with E-state index in [1.807, 2.05) is 13.8 Å². The van der Waals surface area contributed by atoms with E-state index in [1.165, 1.54) is 0 Å². The molecule has 3 heteroatoms. The van der Waals surface area contributed by atoms with Crippen molar-refractivity contribution in [3.05, 3.63) is 0 Å². The third kappa shape index (κ3) is 51.9. The van der Waals surface area contributed by atoms with Crippen LogP contribution in [0, 0.1) is 0 Å². The summed E-state index contributed by atoms with van der Waals surface area (Å²) in [6.07, 6.45) is 0.258. The number of hydrogen-bond donors (Lipinski definition) is 1. The molecule has 55 valence electrons. The first-order valence-corrected chi connectivity index (χ1v) is 4.01. The second-order valence-electron chi connectivity index (χ2n) is 2.26. The van der Waals surface area contributed by atoms with Gasteiger partial charge in [-0.3, -0.25) is 0 Å². The van der Waals surface area contributed by atoms with E-state index in [2.05, 4.69) is 0 Å². The Balaban J connectivity index is 0. The Bertz CT molecular complexity index is 43.6. The Morgan fingerprint density at radius 3 is 1.33 bits per heavy atom. The second-order valence-corrected chi connectivity index (χ2v) is 2.84. The van der Waals surface area contributed by atoms with Gasteiger partial charge in [-0.25, -0.2) is 0 Å². The van der Waals surface area contributed by atoms with Gasteiger partial charge in [-0.15, -0.1) is 0 Å². The molecule has 9 heavy (non-hydrogen) atoms. The van der Waals surface area contributed by atoms with Gasteiger partial charge in [-0.2, -0.15) is 0 Å². The molecule has 0 aromatic carbocycles. The molecular formula is C6H15O2Zr. The molecule has 0 aliphatic carbocycles. The van der Waals surface area contributed by atoms with E-state index < -0.39 is 0 Å². The van der Waals surface area contributed by atoms with Crippen LogP contribution in [0.25, 0.3) is 0 Å². The van der Waals surface area contributed by atoms with Crippen molar-refractivity contribution in [1.29, 1.82) is 0 Å². The van der Waals surface area contributed by atoms with Gasteiger partial charge in [0.2, 0.25) is 0 Å². The predicted molar refractivity (Wildman–Crippen MR) is 33.6 cm³/mol. The average molecular weight is 210 g/mol. The topological polar surface area (TPSA) is 29.5 Å². The molecule has 0 amide bonds. The van der Waals surface area contributed by atoms with Crippen molar-refractivity contribution < 1.29 is 33.1 Å². The summed E-state index contributed by atoms with van der Waals surface area (Å²) < 4.78 is 4.84. The monoisotopic (exact) mass is 209 g/mol. The van der Waals surface area contributed by atoms with E-state index in [0.717, 1.165) is 25.2 Å². The Hall–Kier alpha value is 0.803. The van der Waals surface area contributed by atoms with Crippen molar-refractivity contribution >= 4 is 0 Å². The molecule has 0 heterocycles. The Morgan fingerprint density at radius 2 is 1.33 bits per heavy atom. The van der Waals surface area contributed by atoms with Crippen molar-refractivity contribution in [2.24, 2.45) is 0 Å². The van der Waals surface area contributed by atoms with Crippen LogP contribution in [0.4, 0.5) is 0 Å². The van der Waals surface area contributed by atoms with Crippen LogP contribution in [0.2, 0.25) is 0 Å². The van der Waals surface area contributed by atoms with Gasteiger partial charge in [0.25, 0.3) is 0 Å². The number of aliphatic hydroxyl groups excluding tert-OH is 1. The Morgan fingerprint density at radius 1 is 1.22 bits per heavy atom. The van der Waals surface area contributed by atoms with Crippen LogP contribution in [0.1, 0.15) is 27.7 Å². The molecule has 1 N–H and O–H groups in total. The normalized spacial score (nSPS) is 9.11. The van der Waals surface area contributed by atoms with E-state index in [4.69, 9.17) is 7.92 Å². The summed E-state index contributed by atoms with van der Waals surface area (Å²) >= 11 is 1.16. The first kappa shape index (κ1) is 12.5. The first-order valence-electron chi connectivity index (χ1n) is 3.01. The molecule has 0 saturated carbocycles. The third-order valence-corrected chi connectivity index (χ3v) is 1.39. The average Bonchev–Trinajstić information content (AvgIpc) is 1.65. The fourth-order valence-corrected chi connectivity index (χ4v) is 0. The zero-order valence-electron chi connectivity index (χ0n) is 6.51. The maximum atomic E-state index is 8.06. The molecule has 0 aliphatic heterocycles. The van der Waals surface area contributed by atoms with Crippen molar-refractivity contribution in [2.75, 3.05) is 0 Å². The van der Waals surface area contributed by atoms with Gasteiger partial charge in [0, 0.05) is 6.10 Å². The molecule has 0 aliphatic rings. The molecule has 0 saturated heterocycles. The summed E-state index contributed by atoms with van der Waals surface area (Å²) in [5, 5.41) is 8.06.